The second-order valence-electron chi connectivity index (χ2n) is 10.3. The Bertz CT molecular complexity index is 1630. The van der Waals surface area contributed by atoms with Crippen molar-refractivity contribution in [3.63, 3.8) is 0 Å². The Morgan fingerprint density at radius 1 is 1.00 bits per heavy atom. The number of aromatic nitrogens is 1. The van der Waals surface area contributed by atoms with Crippen molar-refractivity contribution in [2.24, 2.45) is 0 Å². The Labute approximate surface area is 245 Å². The first-order valence-corrected chi connectivity index (χ1v) is 14.1. The number of amides is 2. The molecule has 1 aromatic heterocycles. The summed E-state index contributed by atoms with van der Waals surface area (Å²) >= 11 is 5.74. The van der Waals surface area contributed by atoms with Crippen molar-refractivity contribution < 1.29 is 27.9 Å². The molecule has 3 aromatic carbocycles. The molecule has 220 valence electrons. The highest BCUT2D eigenvalue weighted by Gasteiger charge is 2.33. The van der Waals surface area contributed by atoms with E-state index in [1.165, 1.54) is 12.5 Å². The van der Waals surface area contributed by atoms with Gasteiger partial charge < -0.3 is 25.2 Å². The molecule has 1 fully saturated rings. The number of rotatable bonds is 7. The van der Waals surface area contributed by atoms with E-state index in [4.69, 9.17) is 11.6 Å². The lowest BCUT2D eigenvalue weighted by molar-refractivity contribution is -0.137. The summed E-state index contributed by atoms with van der Waals surface area (Å²) in [5, 5.41) is 15.5. The number of urea groups is 1. The molecule has 1 saturated carbocycles. The van der Waals surface area contributed by atoms with Crippen molar-refractivity contribution in [3.8, 4) is 5.69 Å². The number of carbonyl (C=O) groups is 2. The molecule has 1 aliphatic rings. The molecule has 42 heavy (non-hydrogen) atoms. The summed E-state index contributed by atoms with van der Waals surface area (Å²) in [5.74, 6) is -1.11. The largest absolute Gasteiger partial charge is 0.477 e. The maximum absolute atomic E-state index is 13.4. The molecule has 0 aliphatic heterocycles. The van der Waals surface area contributed by atoms with Crippen molar-refractivity contribution >= 4 is 51.6 Å². The maximum Gasteiger partial charge on any atom is 0.417 e. The smallest absolute Gasteiger partial charge is 0.417 e. The summed E-state index contributed by atoms with van der Waals surface area (Å²) in [6.45, 7) is 2.69. The minimum absolute atomic E-state index is 0.0554. The van der Waals surface area contributed by atoms with Crippen LogP contribution in [0.25, 0.3) is 16.6 Å². The van der Waals surface area contributed by atoms with Crippen LogP contribution >= 0.6 is 11.6 Å². The highest BCUT2D eigenvalue weighted by molar-refractivity contribution is 6.31. The van der Waals surface area contributed by atoms with E-state index in [1.54, 1.807) is 16.7 Å². The Morgan fingerprint density at radius 2 is 1.74 bits per heavy atom. The van der Waals surface area contributed by atoms with E-state index in [9.17, 15) is 27.9 Å². The van der Waals surface area contributed by atoms with E-state index >= 15 is 0 Å². The molecule has 0 spiro atoms. The fourth-order valence-electron chi connectivity index (χ4n) is 5.73. The average Bonchev–Trinajstić information content (AvgIpc) is 3.35. The minimum Gasteiger partial charge on any atom is -0.477 e. The molecular formula is C31H30ClF3N4O3. The third-order valence-electron chi connectivity index (χ3n) is 7.61. The average molecular weight is 599 g/mol. The molecule has 0 radical (unpaired) electrons. The molecule has 7 nitrogen and oxygen atoms in total. The second kappa shape index (κ2) is 12.0. The van der Waals surface area contributed by atoms with Gasteiger partial charge in [-0.2, -0.15) is 13.2 Å². The van der Waals surface area contributed by atoms with Gasteiger partial charge in [0.05, 0.1) is 27.5 Å². The summed E-state index contributed by atoms with van der Waals surface area (Å²) in [4.78, 5) is 27.6. The van der Waals surface area contributed by atoms with Gasteiger partial charge in [-0.3, -0.25) is 0 Å². The van der Waals surface area contributed by atoms with Crippen molar-refractivity contribution in [1.29, 1.82) is 0 Å². The molecule has 11 heteroatoms. The van der Waals surface area contributed by atoms with Crippen molar-refractivity contribution in [2.45, 2.75) is 51.2 Å². The summed E-state index contributed by atoms with van der Waals surface area (Å²) in [6.07, 6.45) is 0.668. The Morgan fingerprint density at radius 3 is 2.43 bits per heavy atom. The van der Waals surface area contributed by atoms with Crippen LogP contribution in [0.5, 0.6) is 0 Å². The highest BCUT2D eigenvalue weighted by atomic mass is 35.5. The first-order chi connectivity index (χ1) is 20.1. The summed E-state index contributed by atoms with van der Waals surface area (Å²) in [7, 11) is 0. The normalized spacial score (nSPS) is 14.1. The van der Waals surface area contributed by atoms with Gasteiger partial charge in [0.15, 0.2) is 0 Å². The topological polar surface area (TPSA) is 86.6 Å². The predicted octanol–water partition coefficient (Wildman–Crippen LogP) is 8.80. The number of nitrogens with zero attached hydrogens (tertiary/aromatic N) is 2. The number of aromatic carboxylic acids is 1. The van der Waals surface area contributed by atoms with Crippen LogP contribution in [0.4, 0.5) is 35.0 Å². The second-order valence-corrected chi connectivity index (χ2v) is 10.7. The summed E-state index contributed by atoms with van der Waals surface area (Å²) in [5.41, 5.74) is 1.25. The molecule has 0 atom stereocenters. The molecule has 5 rings (SSSR count). The summed E-state index contributed by atoms with van der Waals surface area (Å²) < 4.78 is 41.8. The van der Waals surface area contributed by atoms with E-state index < -0.39 is 28.8 Å². The van der Waals surface area contributed by atoms with Crippen LogP contribution in [0.2, 0.25) is 5.02 Å². The number of fused-ring (bicyclic) bond motifs is 1. The molecule has 0 saturated heterocycles. The fraction of sp³-hybridized carbons (Fsp3) is 0.290. The lowest BCUT2D eigenvalue weighted by Crippen LogP contribution is -2.37. The SMILES string of the molecule is CCN(c1ccc(-n2c(C(=O)O)cc3ccccc32)cc1NC(=O)Nc1ccc(Cl)c(C(F)(F)F)c1)C1CCCCC1. The number of hydrogen-bond acceptors (Lipinski definition) is 3. The number of hydrogen-bond donors (Lipinski definition) is 3. The number of para-hydroxylation sites is 1. The number of halogens is 4. The van der Waals surface area contributed by atoms with E-state index in [0.29, 0.717) is 23.4 Å². The molecule has 0 unspecified atom stereocenters. The van der Waals surface area contributed by atoms with Crippen molar-refractivity contribution in [3.05, 3.63) is 83.0 Å². The standard InChI is InChI=1S/C31H30ClF3N4O3/c1-2-38(21-9-4-3-5-10-21)27-15-13-22(39-26-11-7-6-8-19(26)16-28(39)29(40)41)18-25(27)37-30(42)36-20-12-14-24(32)23(17-20)31(33,34)35/h6-8,11-18,21H,2-5,9-10H2,1H3,(H,40,41)(H2,36,37,42). The zero-order chi connectivity index (χ0) is 30.0. The maximum atomic E-state index is 13.4. The Kier molecular flexibility index (Phi) is 8.36. The van der Waals surface area contributed by atoms with Gasteiger partial charge in [-0.15, -0.1) is 0 Å². The quantitative estimate of drug-likeness (QED) is 0.198. The number of carboxylic acids is 1. The van der Waals surface area contributed by atoms with Crippen LogP contribution < -0.4 is 15.5 Å². The van der Waals surface area contributed by atoms with Crippen LogP contribution in [0.3, 0.4) is 0 Å². The molecule has 3 N–H and O–H groups in total. The number of carbonyl (C=O) groups excluding carboxylic acids is 1. The molecule has 1 aliphatic carbocycles. The van der Waals surface area contributed by atoms with Gasteiger partial charge in [-0.05, 0) is 68.3 Å². The highest BCUT2D eigenvalue weighted by Crippen LogP contribution is 2.38. The van der Waals surface area contributed by atoms with E-state index in [2.05, 4.69) is 15.5 Å². The molecule has 1 heterocycles. The first kappa shape index (κ1) is 29.3. The summed E-state index contributed by atoms with van der Waals surface area (Å²) in [6, 6.07) is 16.9. The molecule has 4 aromatic rings. The number of nitrogens with one attached hydrogen (secondary N) is 2. The van der Waals surface area contributed by atoms with Crippen molar-refractivity contribution in [1.82, 2.24) is 4.57 Å². The number of alkyl halides is 3. The van der Waals surface area contributed by atoms with Crippen LogP contribution in [0.15, 0.2) is 66.7 Å². The monoisotopic (exact) mass is 598 g/mol. The first-order valence-electron chi connectivity index (χ1n) is 13.8. The van der Waals surface area contributed by atoms with Gasteiger partial charge in [0.25, 0.3) is 0 Å². The van der Waals surface area contributed by atoms with Crippen LogP contribution in [0, 0.1) is 0 Å². The van der Waals surface area contributed by atoms with Crippen LogP contribution in [0.1, 0.15) is 55.1 Å². The van der Waals surface area contributed by atoms with E-state index in [0.717, 1.165) is 48.9 Å². The van der Waals surface area contributed by atoms with Gasteiger partial charge in [0.1, 0.15) is 5.69 Å². The lowest BCUT2D eigenvalue weighted by Gasteiger charge is -2.36. The van der Waals surface area contributed by atoms with E-state index in [-0.39, 0.29) is 17.4 Å². The molecule has 2 amide bonds. The van der Waals surface area contributed by atoms with Gasteiger partial charge in [0.2, 0.25) is 0 Å². The van der Waals surface area contributed by atoms with Gasteiger partial charge >= 0.3 is 18.2 Å². The third-order valence-corrected chi connectivity index (χ3v) is 7.94. The fourth-order valence-corrected chi connectivity index (χ4v) is 5.95. The molecule has 0 bridgehead atoms. The minimum atomic E-state index is -4.68. The number of benzene rings is 3. The zero-order valence-electron chi connectivity index (χ0n) is 22.8. The van der Waals surface area contributed by atoms with Crippen LogP contribution in [-0.2, 0) is 6.18 Å². The Hall–Kier alpha value is -4.18. The van der Waals surface area contributed by atoms with Crippen LogP contribution in [-0.4, -0.2) is 34.3 Å². The Balaban J connectivity index is 1.56. The van der Waals surface area contributed by atoms with E-state index in [1.807, 2.05) is 43.3 Å². The zero-order valence-corrected chi connectivity index (χ0v) is 23.6. The third kappa shape index (κ3) is 6.04. The lowest BCUT2D eigenvalue weighted by atomic mass is 9.93. The predicted molar refractivity (Wildman–Crippen MR) is 159 cm³/mol. The van der Waals surface area contributed by atoms with Gasteiger partial charge in [0, 0.05) is 29.3 Å². The van der Waals surface area contributed by atoms with Crippen molar-refractivity contribution in [2.75, 3.05) is 22.1 Å². The molecular weight excluding hydrogens is 569 g/mol. The number of anilines is 3. The number of carboxylic acid groups (broad SMARTS) is 1. The van der Waals surface area contributed by atoms with Gasteiger partial charge in [-0.1, -0.05) is 49.1 Å². The van der Waals surface area contributed by atoms with Gasteiger partial charge in [-0.25, -0.2) is 9.59 Å².